The van der Waals surface area contributed by atoms with Gasteiger partial charge in [-0.05, 0) is 6.92 Å². The van der Waals surface area contributed by atoms with E-state index in [4.69, 9.17) is 9.47 Å². The first kappa shape index (κ1) is 9.40. The first-order valence-corrected chi connectivity index (χ1v) is 4.22. The number of hydrogen-bond donors (Lipinski definition) is 0. The lowest BCUT2D eigenvalue weighted by atomic mass is 10.3. The van der Waals surface area contributed by atoms with Crippen LogP contribution in [0.4, 0.5) is 8.78 Å². The lowest BCUT2D eigenvalue weighted by Crippen LogP contribution is -2.18. The molecule has 0 bridgehead atoms. The van der Waals surface area contributed by atoms with Gasteiger partial charge in [0, 0.05) is 24.6 Å². The van der Waals surface area contributed by atoms with Gasteiger partial charge in [-0.1, -0.05) is 0 Å². The molecular weight excluding hydrogens is 190 g/mol. The Hall–Kier alpha value is -1.16. The van der Waals surface area contributed by atoms with Crippen LogP contribution < -0.4 is 4.74 Å². The molecule has 0 saturated carbocycles. The van der Waals surface area contributed by atoms with Gasteiger partial charge < -0.3 is 9.47 Å². The summed E-state index contributed by atoms with van der Waals surface area (Å²) in [7, 11) is 0. The SMILES string of the molecule is [CH2]CC1(Oc2cc(F)cc(F)c2)CO1. The topological polar surface area (TPSA) is 21.8 Å². The highest BCUT2D eigenvalue weighted by Crippen LogP contribution is 2.33. The minimum Gasteiger partial charge on any atom is -0.460 e. The molecule has 1 saturated heterocycles. The molecule has 1 aliphatic rings. The number of rotatable bonds is 3. The summed E-state index contributed by atoms with van der Waals surface area (Å²) in [6, 6.07) is 3.02. The van der Waals surface area contributed by atoms with Crippen LogP contribution in [-0.4, -0.2) is 12.4 Å². The monoisotopic (exact) mass is 199 g/mol. The quantitative estimate of drug-likeness (QED) is 0.696. The summed E-state index contributed by atoms with van der Waals surface area (Å²) in [6.07, 6.45) is 0.408. The Kier molecular flexibility index (Phi) is 2.15. The summed E-state index contributed by atoms with van der Waals surface area (Å²) in [6.45, 7) is 4.03. The van der Waals surface area contributed by atoms with E-state index in [9.17, 15) is 8.78 Å². The van der Waals surface area contributed by atoms with Crippen molar-refractivity contribution in [1.29, 1.82) is 0 Å². The van der Waals surface area contributed by atoms with Gasteiger partial charge in [-0.2, -0.15) is 0 Å². The van der Waals surface area contributed by atoms with Gasteiger partial charge >= 0.3 is 0 Å². The first-order chi connectivity index (χ1) is 6.63. The van der Waals surface area contributed by atoms with Crippen LogP contribution in [0.15, 0.2) is 18.2 Å². The number of hydrogen-bond acceptors (Lipinski definition) is 2. The maximum Gasteiger partial charge on any atom is 0.234 e. The highest BCUT2D eigenvalue weighted by molar-refractivity contribution is 5.25. The van der Waals surface area contributed by atoms with E-state index in [1.165, 1.54) is 0 Å². The van der Waals surface area contributed by atoms with Crippen LogP contribution in [-0.2, 0) is 4.74 Å². The Morgan fingerprint density at radius 1 is 1.36 bits per heavy atom. The Labute approximate surface area is 80.4 Å². The average Bonchev–Trinajstić information content (AvgIpc) is 2.83. The zero-order valence-electron chi connectivity index (χ0n) is 7.43. The van der Waals surface area contributed by atoms with Crippen molar-refractivity contribution in [2.75, 3.05) is 6.61 Å². The van der Waals surface area contributed by atoms with E-state index < -0.39 is 17.4 Å². The van der Waals surface area contributed by atoms with Crippen molar-refractivity contribution in [2.24, 2.45) is 0 Å². The van der Waals surface area contributed by atoms with Gasteiger partial charge in [-0.25, -0.2) is 8.78 Å². The molecule has 4 heteroatoms. The van der Waals surface area contributed by atoms with E-state index in [1.807, 2.05) is 0 Å². The Bertz CT molecular complexity index is 328. The number of halogens is 2. The van der Waals surface area contributed by atoms with Crippen molar-refractivity contribution >= 4 is 0 Å². The maximum atomic E-state index is 12.8. The summed E-state index contributed by atoms with van der Waals surface area (Å²) in [4.78, 5) is 0. The minimum absolute atomic E-state index is 0.128. The molecule has 2 rings (SSSR count). The lowest BCUT2D eigenvalue weighted by molar-refractivity contribution is 0.0636. The van der Waals surface area contributed by atoms with Crippen LogP contribution in [0.1, 0.15) is 6.42 Å². The Morgan fingerprint density at radius 2 is 1.93 bits per heavy atom. The Morgan fingerprint density at radius 3 is 2.36 bits per heavy atom. The van der Waals surface area contributed by atoms with Gasteiger partial charge in [0.15, 0.2) is 0 Å². The smallest absolute Gasteiger partial charge is 0.234 e. The molecule has 1 aromatic carbocycles. The zero-order chi connectivity index (χ0) is 10.2. The van der Waals surface area contributed by atoms with Crippen molar-refractivity contribution in [3.8, 4) is 5.75 Å². The van der Waals surface area contributed by atoms with Gasteiger partial charge in [-0.15, -0.1) is 0 Å². The molecule has 0 N–H and O–H groups in total. The van der Waals surface area contributed by atoms with Crippen LogP contribution in [0.25, 0.3) is 0 Å². The molecule has 75 valence electrons. The fourth-order valence-corrected chi connectivity index (χ4v) is 1.14. The van der Waals surface area contributed by atoms with Gasteiger partial charge in [-0.3, -0.25) is 0 Å². The predicted molar refractivity (Wildman–Crippen MR) is 45.6 cm³/mol. The fourth-order valence-electron chi connectivity index (χ4n) is 1.14. The van der Waals surface area contributed by atoms with Crippen LogP contribution >= 0.6 is 0 Å². The van der Waals surface area contributed by atoms with Crippen LogP contribution in [0.2, 0.25) is 0 Å². The molecule has 2 nitrogen and oxygen atoms in total. The summed E-state index contributed by atoms with van der Waals surface area (Å²) in [5.74, 6) is -1.97. The third-order valence-electron chi connectivity index (χ3n) is 1.99. The van der Waals surface area contributed by atoms with Crippen molar-refractivity contribution in [3.63, 3.8) is 0 Å². The molecular formula is C10H9F2O2. The van der Waals surface area contributed by atoms with E-state index in [-0.39, 0.29) is 5.75 Å². The van der Waals surface area contributed by atoms with Gasteiger partial charge in [0.1, 0.15) is 24.0 Å². The van der Waals surface area contributed by atoms with Crippen molar-refractivity contribution < 1.29 is 18.3 Å². The largest absolute Gasteiger partial charge is 0.460 e. The van der Waals surface area contributed by atoms with Gasteiger partial charge in [0.25, 0.3) is 0 Å². The second-order valence-electron chi connectivity index (χ2n) is 3.16. The summed E-state index contributed by atoms with van der Waals surface area (Å²) in [5, 5.41) is 0. The summed E-state index contributed by atoms with van der Waals surface area (Å²) in [5.41, 5.74) is 0. The standard InChI is InChI=1S/C10H9F2O2/c1-2-10(6-13-10)14-9-4-7(11)3-8(12)5-9/h3-5H,1-2,6H2. The lowest BCUT2D eigenvalue weighted by Gasteiger charge is -2.12. The third kappa shape index (κ3) is 1.85. The van der Waals surface area contributed by atoms with Crippen molar-refractivity contribution in [3.05, 3.63) is 36.8 Å². The molecule has 1 heterocycles. The Balaban J connectivity index is 2.16. The van der Waals surface area contributed by atoms with Crippen LogP contribution in [0, 0.1) is 18.6 Å². The van der Waals surface area contributed by atoms with E-state index in [2.05, 4.69) is 6.92 Å². The van der Waals surface area contributed by atoms with Crippen molar-refractivity contribution in [1.82, 2.24) is 0 Å². The molecule has 14 heavy (non-hydrogen) atoms. The average molecular weight is 199 g/mol. The molecule has 1 atom stereocenters. The second-order valence-corrected chi connectivity index (χ2v) is 3.16. The van der Waals surface area contributed by atoms with E-state index in [0.717, 1.165) is 18.2 Å². The highest BCUT2D eigenvalue weighted by atomic mass is 19.1. The molecule has 1 fully saturated rings. The van der Waals surface area contributed by atoms with E-state index in [0.29, 0.717) is 13.0 Å². The summed E-state index contributed by atoms with van der Waals surface area (Å²) >= 11 is 0. The van der Waals surface area contributed by atoms with Crippen LogP contribution in [0.5, 0.6) is 5.75 Å². The van der Waals surface area contributed by atoms with Gasteiger partial charge in [0.2, 0.25) is 5.79 Å². The molecule has 0 aromatic heterocycles. The molecule has 1 aromatic rings. The molecule has 1 aliphatic heterocycles. The van der Waals surface area contributed by atoms with E-state index >= 15 is 0 Å². The second kappa shape index (κ2) is 3.20. The first-order valence-electron chi connectivity index (χ1n) is 4.22. The normalized spacial score (nSPS) is 24.8. The molecule has 0 spiro atoms. The molecule has 0 aliphatic carbocycles. The molecule has 1 radical (unpaired) electrons. The number of benzene rings is 1. The van der Waals surface area contributed by atoms with Crippen molar-refractivity contribution in [2.45, 2.75) is 12.2 Å². The predicted octanol–water partition coefficient (Wildman–Crippen LogP) is 2.29. The minimum atomic E-state index is -0.764. The summed E-state index contributed by atoms with van der Waals surface area (Å²) < 4.78 is 35.8. The fraction of sp³-hybridized carbons (Fsp3) is 0.300. The number of epoxide rings is 1. The van der Waals surface area contributed by atoms with Gasteiger partial charge in [0.05, 0.1) is 0 Å². The van der Waals surface area contributed by atoms with Crippen LogP contribution in [0.3, 0.4) is 0 Å². The van der Waals surface area contributed by atoms with E-state index in [1.54, 1.807) is 0 Å². The maximum absolute atomic E-state index is 12.8. The number of ether oxygens (including phenoxy) is 2. The highest BCUT2D eigenvalue weighted by Gasteiger charge is 2.46. The molecule has 0 amide bonds. The zero-order valence-corrected chi connectivity index (χ0v) is 7.43. The molecule has 1 unspecified atom stereocenters. The third-order valence-corrected chi connectivity index (χ3v) is 1.99.